The first kappa shape index (κ1) is 13.1. The molecule has 0 aliphatic heterocycles. The normalized spacial score (nSPS) is 10.3. The highest BCUT2D eigenvalue weighted by molar-refractivity contribution is 5.87. The summed E-state index contributed by atoms with van der Waals surface area (Å²) < 4.78 is 25.0. The monoisotopic (exact) mass is 263 g/mol. The predicted molar refractivity (Wildman–Crippen MR) is 67.5 cm³/mol. The van der Waals surface area contributed by atoms with Crippen LogP contribution < -0.4 is 4.74 Å². The molecule has 0 aliphatic carbocycles. The fourth-order valence-electron chi connectivity index (χ4n) is 1.70. The SMILES string of the molecule is COc1ccc(COC(=O)c2cccn2C)cc1F. The number of carbonyl (C=O) groups is 1. The number of aromatic nitrogens is 1. The van der Waals surface area contributed by atoms with Gasteiger partial charge < -0.3 is 14.0 Å². The molecule has 1 heterocycles. The van der Waals surface area contributed by atoms with E-state index in [1.807, 2.05) is 0 Å². The molecular weight excluding hydrogens is 249 g/mol. The lowest BCUT2D eigenvalue weighted by molar-refractivity contribution is 0.0461. The van der Waals surface area contributed by atoms with Crippen molar-refractivity contribution in [2.24, 2.45) is 7.05 Å². The third-order valence-electron chi connectivity index (χ3n) is 2.74. The van der Waals surface area contributed by atoms with Crippen LogP contribution in [0.2, 0.25) is 0 Å². The van der Waals surface area contributed by atoms with E-state index in [-0.39, 0.29) is 12.4 Å². The quantitative estimate of drug-likeness (QED) is 0.796. The first-order valence-corrected chi connectivity index (χ1v) is 5.72. The van der Waals surface area contributed by atoms with E-state index in [1.165, 1.54) is 19.2 Å². The Balaban J connectivity index is 2.01. The summed E-state index contributed by atoms with van der Waals surface area (Å²) in [7, 11) is 3.15. The molecule has 0 bridgehead atoms. The van der Waals surface area contributed by atoms with Crippen molar-refractivity contribution in [3.05, 3.63) is 53.6 Å². The first-order valence-electron chi connectivity index (χ1n) is 5.72. The molecule has 5 heteroatoms. The lowest BCUT2D eigenvalue weighted by atomic mass is 10.2. The van der Waals surface area contributed by atoms with Crippen molar-refractivity contribution < 1.29 is 18.7 Å². The Kier molecular flexibility index (Phi) is 3.85. The van der Waals surface area contributed by atoms with E-state index in [9.17, 15) is 9.18 Å². The molecule has 2 aromatic rings. The van der Waals surface area contributed by atoms with Crippen LogP contribution in [-0.4, -0.2) is 17.6 Å². The van der Waals surface area contributed by atoms with Gasteiger partial charge in [-0.05, 0) is 29.8 Å². The van der Waals surface area contributed by atoms with Gasteiger partial charge >= 0.3 is 5.97 Å². The number of aryl methyl sites for hydroxylation is 1. The number of methoxy groups -OCH3 is 1. The maximum Gasteiger partial charge on any atom is 0.355 e. The zero-order valence-electron chi connectivity index (χ0n) is 10.7. The second-order valence-corrected chi connectivity index (χ2v) is 4.05. The van der Waals surface area contributed by atoms with Crippen molar-refractivity contribution in [1.29, 1.82) is 0 Å². The highest BCUT2D eigenvalue weighted by atomic mass is 19.1. The van der Waals surface area contributed by atoms with Crippen molar-refractivity contribution in [3.8, 4) is 5.75 Å². The lowest BCUT2D eigenvalue weighted by Gasteiger charge is -2.07. The van der Waals surface area contributed by atoms with Gasteiger partial charge in [0.1, 0.15) is 12.3 Å². The molecule has 0 saturated heterocycles. The Morgan fingerprint density at radius 2 is 2.16 bits per heavy atom. The Hall–Kier alpha value is -2.30. The molecule has 19 heavy (non-hydrogen) atoms. The average molecular weight is 263 g/mol. The number of nitrogens with zero attached hydrogens (tertiary/aromatic N) is 1. The maximum absolute atomic E-state index is 13.4. The predicted octanol–water partition coefficient (Wildman–Crippen LogP) is 2.53. The van der Waals surface area contributed by atoms with Crippen LogP contribution >= 0.6 is 0 Å². The molecule has 2 rings (SSSR count). The molecule has 0 unspecified atom stereocenters. The molecule has 100 valence electrons. The third-order valence-corrected chi connectivity index (χ3v) is 2.74. The number of hydrogen-bond donors (Lipinski definition) is 0. The van der Waals surface area contributed by atoms with Gasteiger partial charge in [0.15, 0.2) is 11.6 Å². The summed E-state index contributed by atoms with van der Waals surface area (Å²) in [6.07, 6.45) is 1.75. The van der Waals surface area contributed by atoms with Gasteiger partial charge in [-0.15, -0.1) is 0 Å². The molecule has 0 saturated carbocycles. The van der Waals surface area contributed by atoms with Gasteiger partial charge in [-0.1, -0.05) is 6.07 Å². The van der Waals surface area contributed by atoms with Crippen LogP contribution in [0.5, 0.6) is 5.75 Å². The highest BCUT2D eigenvalue weighted by Crippen LogP contribution is 2.18. The van der Waals surface area contributed by atoms with Crippen molar-refractivity contribution >= 4 is 5.97 Å². The second kappa shape index (κ2) is 5.56. The fraction of sp³-hybridized carbons (Fsp3) is 0.214. The number of benzene rings is 1. The Morgan fingerprint density at radius 1 is 1.37 bits per heavy atom. The fourth-order valence-corrected chi connectivity index (χ4v) is 1.70. The van der Waals surface area contributed by atoms with Gasteiger partial charge in [0.05, 0.1) is 7.11 Å². The number of hydrogen-bond acceptors (Lipinski definition) is 3. The summed E-state index contributed by atoms with van der Waals surface area (Å²) in [5, 5.41) is 0. The molecule has 0 amide bonds. The summed E-state index contributed by atoms with van der Waals surface area (Å²) in [4.78, 5) is 11.7. The summed E-state index contributed by atoms with van der Waals surface area (Å²) in [5.41, 5.74) is 1.02. The van der Waals surface area contributed by atoms with Crippen molar-refractivity contribution in [2.45, 2.75) is 6.61 Å². The molecule has 4 nitrogen and oxygen atoms in total. The maximum atomic E-state index is 13.4. The largest absolute Gasteiger partial charge is 0.494 e. The van der Waals surface area contributed by atoms with Crippen LogP contribution in [0, 0.1) is 5.82 Å². The van der Waals surface area contributed by atoms with Crippen LogP contribution in [0.25, 0.3) is 0 Å². The van der Waals surface area contributed by atoms with Crippen molar-refractivity contribution in [1.82, 2.24) is 4.57 Å². The number of halogens is 1. The minimum absolute atomic E-state index is 0.0188. The van der Waals surface area contributed by atoms with E-state index in [4.69, 9.17) is 9.47 Å². The summed E-state index contributed by atoms with van der Waals surface area (Å²) in [5.74, 6) is -0.754. The molecule has 0 spiro atoms. The minimum Gasteiger partial charge on any atom is -0.494 e. The summed E-state index contributed by atoms with van der Waals surface area (Å²) in [6, 6.07) is 7.86. The van der Waals surface area contributed by atoms with Gasteiger partial charge in [-0.25, -0.2) is 9.18 Å². The Morgan fingerprint density at radius 3 is 2.74 bits per heavy atom. The number of esters is 1. The Labute approximate surface area is 110 Å². The van der Waals surface area contributed by atoms with E-state index in [0.717, 1.165) is 0 Å². The molecule has 1 aromatic heterocycles. The third kappa shape index (κ3) is 2.93. The standard InChI is InChI=1S/C14H14FNO3/c1-16-7-3-4-12(16)14(17)19-9-10-5-6-13(18-2)11(15)8-10/h3-8H,9H2,1-2H3. The van der Waals surface area contributed by atoms with Gasteiger partial charge in [0.2, 0.25) is 0 Å². The second-order valence-electron chi connectivity index (χ2n) is 4.05. The van der Waals surface area contributed by atoms with Gasteiger partial charge in [0, 0.05) is 13.2 Å². The number of rotatable bonds is 4. The van der Waals surface area contributed by atoms with Crippen LogP contribution in [0.1, 0.15) is 16.1 Å². The van der Waals surface area contributed by atoms with E-state index in [1.54, 1.807) is 36.0 Å². The zero-order chi connectivity index (χ0) is 13.8. The molecule has 0 radical (unpaired) electrons. The molecule has 0 aliphatic rings. The van der Waals surface area contributed by atoms with E-state index < -0.39 is 11.8 Å². The first-order chi connectivity index (χ1) is 9.11. The van der Waals surface area contributed by atoms with Gasteiger partial charge in [0.25, 0.3) is 0 Å². The van der Waals surface area contributed by atoms with Crippen LogP contribution in [-0.2, 0) is 18.4 Å². The van der Waals surface area contributed by atoms with E-state index >= 15 is 0 Å². The minimum atomic E-state index is -0.477. The van der Waals surface area contributed by atoms with Crippen molar-refractivity contribution in [3.63, 3.8) is 0 Å². The molecule has 0 fully saturated rings. The number of ether oxygens (including phenoxy) is 2. The molecule has 0 N–H and O–H groups in total. The smallest absolute Gasteiger partial charge is 0.355 e. The van der Waals surface area contributed by atoms with Crippen LogP contribution in [0.15, 0.2) is 36.5 Å². The van der Waals surface area contributed by atoms with E-state index in [0.29, 0.717) is 11.3 Å². The molecule has 0 atom stereocenters. The van der Waals surface area contributed by atoms with E-state index in [2.05, 4.69) is 0 Å². The van der Waals surface area contributed by atoms with Crippen LogP contribution in [0.4, 0.5) is 4.39 Å². The average Bonchev–Trinajstić information content (AvgIpc) is 2.82. The highest BCUT2D eigenvalue weighted by Gasteiger charge is 2.11. The summed E-state index contributed by atoms with van der Waals surface area (Å²) in [6.45, 7) is 0.0188. The topological polar surface area (TPSA) is 40.5 Å². The van der Waals surface area contributed by atoms with Crippen LogP contribution in [0.3, 0.4) is 0 Å². The summed E-state index contributed by atoms with van der Waals surface area (Å²) >= 11 is 0. The Bertz CT molecular complexity index is 592. The van der Waals surface area contributed by atoms with Gasteiger partial charge in [-0.3, -0.25) is 0 Å². The lowest BCUT2D eigenvalue weighted by Crippen LogP contribution is -2.09. The molecular formula is C14H14FNO3. The number of carbonyl (C=O) groups excluding carboxylic acids is 1. The van der Waals surface area contributed by atoms with Crippen molar-refractivity contribution in [2.75, 3.05) is 7.11 Å². The molecule has 1 aromatic carbocycles. The zero-order valence-corrected chi connectivity index (χ0v) is 10.7. The van der Waals surface area contributed by atoms with Gasteiger partial charge in [-0.2, -0.15) is 0 Å².